The van der Waals surface area contributed by atoms with Crippen molar-refractivity contribution in [1.29, 1.82) is 0 Å². The fourth-order valence-corrected chi connectivity index (χ4v) is 3.06. The van der Waals surface area contributed by atoms with Gasteiger partial charge in [-0.05, 0) is 44.2 Å². The van der Waals surface area contributed by atoms with E-state index in [-0.39, 0.29) is 0 Å². The molecule has 2 saturated heterocycles. The molecular weight excluding hydrogens is 242 g/mol. The monoisotopic (exact) mass is 265 g/mol. The van der Waals surface area contributed by atoms with E-state index in [0.717, 1.165) is 56.8 Å². The largest absolute Gasteiger partial charge is 0.381 e. The number of ether oxygens (including phenoxy) is 1. The lowest BCUT2D eigenvalue weighted by Gasteiger charge is -2.27. The van der Waals surface area contributed by atoms with Gasteiger partial charge in [0.2, 0.25) is 5.89 Å². The van der Waals surface area contributed by atoms with E-state index >= 15 is 0 Å². The predicted molar refractivity (Wildman–Crippen MR) is 70.9 cm³/mol. The fraction of sp³-hybridized carbons (Fsp3) is 0.857. The second-order valence-corrected chi connectivity index (χ2v) is 5.89. The molecule has 3 rings (SSSR count). The highest BCUT2D eigenvalue weighted by Gasteiger charge is 2.25. The molecule has 3 unspecified atom stereocenters. The zero-order valence-corrected chi connectivity index (χ0v) is 11.6. The molecule has 1 N–H and O–H groups in total. The Hall–Kier alpha value is -0.940. The highest BCUT2D eigenvalue weighted by molar-refractivity contribution is 4.98. The van der Waals surface area contributed by atoms with Crippen LogP contribution in [0.2, 0.25) is 0 Å². The molecule has 5 heteroatoms. The number of hydrogen-bond donors (Lipinski definition) is 1. The third kappa shape index (κ3) is 3.15. The van der Waals surface area contributed by atoms with Crippen molar-refractivity contribution < 1.29 is 9.26 Å². The summed E-state index contributed by atoms with van der Waals surface area (Å²) < 4.78 is 10.8. The van der Waals surface area contributed by atoms with Crippen LogP contribution in [-0.2, 0) is 11.2 Å². The summed E-state index contributed by atoms with van der Waals surface area (Å²) in [5, 5.41) is 7.58. The van der Waals surface area contributed by atoms with Crippen molar-refractivity contribution in [3.05, 3.63) is 11.7 Å². The van der Waals surface area contributed by atoms with Crippen molar-refractivity contribution in [1.82, 2.24) is 15.5 Å². The Morgan fingerprint density at radius 3 is 3.11 bits per heavy atom. The summed E-state index contributed by atoms with van der Waals surface area (Å²) in [6.45, 7) is 6.13. The molecule has 0 aromatic carbocycles. The first-order valence-corrected chi connectivity index (χ1v) is 7.44. The van der Waals surface area contributed by atoms with E-state index in [1.165, 1.54) is 12.8 Å². The number of nitrogens with zero attached hydrogens (tertiary/aromatic N) is 2. The molecule has 106 valence electrons. The van der Waals surface area contributed by atoms with Gasteiger partial charge in [-0.3, -0.25) is 0 Å². The lowest BCUT2D eigenvalue weighted by Crippen LogP contribution is -2.33. The maximum Gasteiger partial charge on any atom is 0.226 e. The van der Waals surface area contributed by atoms with Crippen LogP contribution in [0.3, 0.4) is 0 Å². The minimum Gasteiger partial charge on any atom is -0.381 e. The molecule has 2 aliphatic heterocycles. The van der Waals surface area contributed by atoms with Gasteiger partial charge in [-0.2, -0.15) is 4.98 Å². The molecule has 3 heterocycles. The minimum absolute atomic E-state index is 0.337. The molecule has 0 aliphatic carbocycles. The van der Waals surface area contributed by atoms with Gasteiger partial charge in [0.1, 0.15) is 0 Å². The summed E-state index contributed by atoms with van der Waals surface area (Å²) in [4.78, 5) is 4.55. The van der Waals surface area contributed by atoms with E-state index in [2.05, 4.69) is 22.4 Å². The molecule has 0 saturated carbocycles. The molecule has 3 atom stereocenters. The number of piperidine rings is 1. The van der Waals surface area contributed by atoms with Gasteiger partial charge in [-0.1, -0.05) is 12.1 Å². The van der Waals surface area contributed by atoms with Crippen LogP contribution < -0.4 is 5.32 Å². The first kappa shape index (κ1) is 13.1. The van der Waals surface area contributed by atoms with Gasteiger partial charge in [0.25, 0.3) is 0 Å². The molecule has 19 heavy (non-hydrogen) atoms. The van der Waals surface area contributed by atoms with Crippen molar-refractivity contribution in [2.24, 2.45) is 11.8 Å². The van der Waals surface area contributed by atoms with Crippen LogP contribution in [0.25, 0.3) is 0 Å². The zero-order valence-electron chi connectivity index (χ0n) is 11.6. The molecule has 0 spiro atoms. The molecule has 2 fully saturated rings. The Kier molecular flexibility index (Phi) is 4.13. The highest BCUT2D eigenvalue weighted by atomic mass is 16.5. The molecule has 0 radical (unpaired) electrons. The maximum absolute atomic E-state index is 5.40. The Balaban J connectivity index is 1.56. The van der Waals surface area contributed by atoms with Crippen molar-refractivity contribution >= 4 is 0 Å². The summed E-state index contributed by atoms with van der Waals surface area (Å²) in [6.07, 6.45) is 4.50. The van der Waals surface area contributed by atoms with Crippen LogP contribution in [0.5, 0.6) is 0 Å². The van der Waals surface area contributed by atoms with Crippen molar-refractivity contribution in [3.63, 3.8) is 0 Å². The quantitative estimate of drug-likeness (QED) is 0.898. The van der Waals surface area contributed by atoms with Gasteiger partial charge < -0.3 is 14.6 Å². The number of nitrogens with one attached hydrogen (secondary N) is 1. The van der Waals surface area contributed by atoms with Crippen LogP contribution in [0.4, 0.5) is 0 Å². The molecule has 1 aromatic rings. The zero-order chi connectivity index (χ0) is 13.1. The summed E-state index contributed by atoms with van der Waals surface area (Å²) in [5.41, 5.74) is 0. The van der Waals surface area contributed by atoms with E-state index in [9.17, 15) is 0 Å². The number of aromatic nitrogens is 2. The van der Waals surface area contributed by atoms with Crippen LogP contribution in [0, 0.1) is 11.8 Å². The summed E-state index contributed by atoms with van der Waals surface area (Å²) >= 11 is 0. The van der Waals surface area contributed by atoms with Gasteiger partial charge in [0.15, 0.2) is 5.82 Å². The van der Waals surface area contributed by atoms with Crippen LogP contribution >= 0.6 is 0 Å². The Morgan fingerprint density at radius 1 is 1.42 bits per heavy atom. The van der Waals surface area contributed by atoms with Crippen molar-refractivity contribution in [2.45, 2.75) is 38.5 Å². The highest BCUT2D eigenvalue weighted by Crippen LogP contribution is 2.25. The normalized spacial score (nSPS) is 29.5. The van der Waals surface area contributed by atoms with Crippen molar-refractivity contribution in [3.8, 4) is 0 Å². The maximum atomic E-state index is 5.40. The van der Waals surface area contributed by atoms with Crippen LogP contribution in [-0.4, -0.2) is 36.4 Å². The average Bonchev–Trinajstić information content (AvgIpc) is 3.10. The van der Waals surface area contributed by atoms with Crippen LogP contribution in [0.15, 0.2) is 4.52 Å². The third-order valence-electron chi connectivity index (χ3n) is 4.41. The average molecular weight is 265 g/mol. The Labute approximate surface area is 114 Å². The van der Waals surface area contributed by atoms with E-state index < -0.39 is 0 Å². The second kappa shape index (κ2) is 6.01. The predicted octanol–water partition coefficient (Wildman–Crippen LogP) is 1.75. The smallest absolute Gasteiger partial charge is 0.226 e. The topological polar surface area (TPSA) is 60.2 Å². The first-order valence-electron chi connectivity index (χ1n) is 7.44. The SMILES string of the molecule is CC(Cc1nc(C2CCOC2)no1)C1CCCNC1. The molecular formula is C14H23N3O2. The minimum atomic E-state index is 0.337. The van der Waals surface area contributed by atoms with Crippen molar-refractivity contribution in [2.75, 3.05) is 26.3 Å². The Morgan fingerprint density at radius 2 is 2.37 bits per heavy atom. The number of rotatable bonds is 4. The molecule has 1 aromatic heterocycles. The molecule has 0 amide bonds. The van der Waals surface area contributed by atoms with Gasteiger partial charge in [0.05, 0.1) is 6.61 Å². The van der Waals surface area contributed by atoms with Gasteiger partial charge >= 0.3 is 0 Å². The lowest BCUT2D eigenvalue weighted by molar-refractivity contribution is 0.192. The summed E-state index contributed by atoms with van der Waals surface area (Å²) in [5.74, 6) is 3.30. The molecule has 5 nitrogen and oxygen atoms in total. The van der Waals surface area contributed by atoms with E-state index in [1.807, 2.05) is 0 Å². The summed E-state index contributed by atoms with van der Waals surface area (Å²) in [7, 11) is 0. The number of hydrogen-bond acceptors (Lipinski definition) is 5. The van der Waals surface area contributed by atoms with E-state index in [0.29, 0.717) is 11.8 Å². The van der Waals surface area contributed by atoms with E-state index in [4.69, 9.17) is 9.26 Å². The fourth-order valence-electron chi connectivity index (χ4n) is 3.06. The molecule has 2 aliphatic rings. The van der Waals surface area contributed by atoms with Crippen LogP contribution in [0.1, 0.15) is 43.8 Å². The third-order valence-corrected chi connectivity index (χ3v) is 4.41. The van der Waals surface area contributed by atoms with E-state index in [1.54, 1.807) is 0 Å². The van der Waals surface area contributed by atoms with Gasteiger partial charge in [-0.15, -0.1) is 0 Å². The molecule has 0 bridgehead atoms. The Bertz CT molecular complexity index is 395. The first-order chi connectivity index (χ1) is 9.33. The lowest BCUT2D eigenvalue weighted by atomic mass is 9.85. The second-order valence-electron chi connectivity index (χ2n) is 5.89. The van der Waals surface area contributed by atoms with Gasteiger partial charge in [-0.25, -0.2) is 0 Å². The van der Waals surface area contributed by atoms with Gasteiger partial charge in [0, 0.05) is 18.9 Å². The summed E-state index contributed by atoms with van der Waals surface area (Å²) in [6, 6.07) is 0. The standard InChI is InChI=1S/C14H23N3O2/c1-10(11-3-2-5-15-8-11)7-13-16-14(17-19-13)12-4-6-18-9-12/h10-12,15H,2-9H2,1H3.